The zero-order valence-corrected chi connectivity index (χ0v) is 14.0. The number of benzene rings is 2. The van der Waals surface area contributed by atoms with Crippen LogP contribution < -0.4 is 15.0 Å². The van der Waals surface area contributed by atoms with Crippen LogP contribution in [-0.4, -0.2) is 25.6 Å². The second-order valence-corrected chi connectivity index (χ2v) is 5.51. The van der Waals surface area contributed by atoms with E-state index < -0.39 is 0 Å². The minimum atomic E-state index is 0.00412. The molecule has 4 heteroatoms. The van der Waals surface area contributed by atoms with E-state index in [1.807, 2.05) is 61.5 Å². The summed E-state index contributed by atoms with van der Waals surface area (Å²) in [7, 11) is 1.78. The van der Waals surface area contributed by atoms with Gasteiger partial charge in [-0.15, -0.1) is 0 Å². The van der Waals surface area contributed by atoms with E-state index in [1.165, 1.54) is 0 Å². The maximum atomic E-state index is 12.3. The zero-order chi connectivity index (χ0) is 16.7. The van der Waals surface area contributed by atoms with Crippen LogP contribution in [-0.2, 0) is 4.79 Å². The maximum absolute atomic E-state index is 12.3. The number of para-hydroxylation sites is 1. The van der Waals surface area contributed by atoms with E-state index in [2.05, 4.69) is 12.2 Å². The van der Waals surface area contributed by atoms with Crippen LogP contribution in [0.4, 0.5) is 11.4 Å². The summed E-state index contributed by atoms with van der Waals surface area (Å²) in [5, 5.41) is 3.16. The molecule has 0 saturated heterocycles. The summed E-state index contributed by atoms with van der Waals surface area (Å²) in [6.07, 6.45) is 1.13. The molecule has 23 heavy (non-hydrogen) atoms. The Kier molecular flexibility index (Phi) is 6.03. The van der Waals surface area contributed by atoms with Crippen LogP contribution in [0.25, 0.3) is 0 Å². The van der Waals surface area contributed by atoms with Gasteiger partial charge in [-0.25, -0.2) is 0 Å². The zero-order valence-electron chi connectivity index (χ0n) is 14.0. The molecule has 0 aromatic heterocycles. The van der Waals surface area contributed by atoms with Crippen LogP contribution >= 0.6 is 0 Å². The fourth-order valence-corrected chi connectivity index (χ4v) is 2.09. The van der Waals surface area contributed by atoms with E-state index in [1.54, 1.807) is 11.9 Å². The molecule has 0 bridgehead atoms. The van der Waals surface area contributed by atoms with Crippen LogP contribution in [0.3, 0.4) is 0 Å². The smallest absolute Gasteiger partial charge is 0.246 e. The Morgan fingerprint density at radius 1 is 1.17 bits per heavy atom. The third-order valence-electron chi connectivity index (χ3n) is 3.71. The van der Waals surface area contributed by atoms with Crippen LogP contribution in [0.15, 0.2) is 54.6 Å². The molecule has 0 spiro atoms. The lowest BCUT2D eigenvalue weighted by molar-refractivity contribution is -0.116. The van der Waals surface area contributed by atoms with Gasteiger partial charge < -0.3 is 15.0 Å². The van der Waals surface area contributed by atoms with Crippen LogP contribution in [0.2, 0.25) is 0 Å². The van der Waals surface area contributed by atoms with Crippen molar-refractivity contribution in [3.05, 3.63) is 54.6 Å². The van der Waals surface area contributed by atoms with Gasteiger partial charge in [-0.3, -0.25) is 4.79 Å². The van der Waals surface area contributed by atoms with E-state index in [-0.39, 0.29) is 18.6 Å². The van der Waals surface area contributed by atoms with Crippen molar-refractivity contribution in [3.63, 3.8) is 0 Å². The van der Waals surface area contributed by atoms with Gasteiger partial charge in [0.05, 0.1) is 12.6 Å². The highest BCUT2D eigenvalue weighted by molar-refractivity contribution is 5.95. The number of nitrogens with zero attached hydrogens (tertiary/aromatic N) is 1. The first-order valence-electron chi connectivity index (χ1n) is 7.92. The number of nitrogens with one attached hydrogen (secondary N) is 1. The molecular formula is C19H24N2O2. The molecule has 0 heterocycles. The first-order chi connectivity index (χ1) is 11.1. The standard InChI is InChI=1S/C19H24N2O2/c1-4-15(2)23-18-12-8-9-16(13-18)20-14-19(22)21(3)17-10-6-5-7-11-17/h5-13,15,20H,4,14H2,1-3H3. The van der Waals surface area contributed by atoms with Gasteiger partial charge >= 0.3 is 0 Å². The number of hydrogen-bond acceptors (Lipinski definition) is 3. The molecule has 2 aromatic rings. The van der Waals surface area contributed by atoms with Gasteiger partial charge in [0.1, 0.15) is 5.75 Å². The second-order valence-electron chi connectivity index (χ2n) is 5.51. The molecular weight excluding hydrogens is 288 g/mol. The molecule has 0 saturated carbocycles. The Labute approximate surface area is 138 Å². The first kappa shape index (κ1) is 16.9. The lowest BCUT2D eigenvalue weighted by Gasteiger charge is -2.18. The normalized spacial score (nSPS) is 11.6. The van der Waals surface area contributed by atoms with E-state index in [9.17, 15) is 4.79 Å². The van der Waals surface area contributed by atoms with Crippen LogP contribution in [0.1, 0.15) is 20.3 Å². The van der Waals surface area contributed by atoms with Crippen LogP contribution in [0, 0.1) is 0 Å². The number of likely N-dealkylation sites (N-methyl/N-ethyl adjacent to an activating group) is 1. The van der Waals surface area contributed by atoms with Crippen molar-refractivity contribution >= 4 is 17.3 Å². The summed E-state index contributed by atoms with van der Waals surface area (Å²) in [4.78, 5) is 13.9. The fraction of sp³-hybridized carbons (Fsp3) is 0.316. The molecule has 0 aliphatic rings. The Morgan fingerprint density at radius 2 is 1.91 bits per heavy atom. The SMILES string of the molecule is CCC(C)Oc1cccc(NCC(=O)N(C)c2ccccc2)c1. The van der Waals surface area contributed by atoms with Gasteiger partial charge in [-0.1, -0.05) is 31.2 Å². The first-order valence-corrected chi connectivity index (χ1v) is 7.92. The van der Waals surface area contributed by atoms with E-state index in [0.29, 0.717) is 0 Å². The molecule has 0 radical (unpaired) electrons. The number of carbonyl (C=O) groups excluding carboxylic acids is 1. The number of anilines is 2. The van der Waals surface area contributed by atoms with E-state index in [4.69, 9.17) is 4.74 Å². The van der Waals surface area contributed by atoms with Crippen molar-refractivity contribution in [1.82, 2.24) is 0 Å². The minimum absolute atomic E-state index is 0.00412. The van der Waals surface area contributed by atoms with Crippen molar-refractivity contribution in [2.45, 2.75) is 26.4 Å². The number of hydrogen-bond donors (Lipinski definition) is 1. The molecule has 122 valence electrons. The Balaban J connectivity index is 1.92. The van der Waals surface area contributed by atoms with Gasteiger partial charge in [-0.2, -0.15) is 0 Å². The predicted molar refractivity (Wildman–Crippen MR) is 95.2 cm³/mol. The maximum Gasteiger partial charge on any atom is 0.246 e. The van der Waals surface area contributed by atoms with E-state index >= 15 is 0 Å². The molecule has 1 N–H and O–H groups in total. The largest absolute Gasteiger partial charge is 0.491 e. The molecule has 2 rings (SSSR count). The molecule has 1 unspecified atom stereocenters. The molecule has 4 nitrogen and oxygen atoms in total. The average molecular weight is 312 g/mol. The highest BCUT2D eigenvalue weighted by atomic mass is 16.5. The third kappa shape index (κ3) is 5.02. The molecule has 1 amide bonds. The molecule has 0 fully saturated rings. The Morgan fingerprint density at radius 3 is 2.61 bits per heavy atom. The lowest BCUT2D eigenvalue weighted by Crippen LogP contribution is -2.32. The summed E-state index contributed by atoms with van der Waals surface area (Å²) >= 11 is 0. The van der Waals surface area contributed by atoms with Crippen molar-refractivity contribution in [2.75, 3.05) is 23.8 Å². The topological polar surface area (TPSA) is 41.6 Å². The van der Waals surface area contributed by atoms with Crippen molar-refractivity contribution < 1.29 is 9.53 Å². The van der Waals surface area contributed by atoms with Gasteiger partial charge in [0, 0.05) is 24.5 Å². The van der Waals surface area contributed by atoms with Crippen molar-refractivity contribution in [1.29, 1.82) is 0 Å². The van der Waals surface area contributed by atoms with Crippen molar-refractivity contribution in [3.8, 4) is 5.75 Å². The highest BCUT2D eigenvalue weighted by Gasteiger charge is 2.10. The highest BCUT2D eigenvalue weighted by Crippen LogP contribution is 2.19. The third-order valence-corrected chi connectivity index (χ3v) is 3.71. The summed E-state index contributed by atoms with van der Waals surface area (Å²) in [6.45, 7) is 4.36. The Hall–Kier alpha value is -2.49. The average Bonchev–Trinajstić information content (AvgIpc) is 2.60. The summed E-state index contributed by atoms with van der Waals surface area (Å²) < 4.78 is 5.79. The number of rotatable bonds is 7. The molecule has 1 atom stereocenters. The van der Waals surface area contributed by atoms with Gasteiger partial charge in [0.15, 0.2) is 0 Å². The van der Waals surface area contributed by atoms with Gasteiger partial charge in [0.25, 0.3) is 0 Å². The fourth-order valence-electron chi connectivity index (χ4n) is 2.09. The quantitative estimate of drug-likeness (QED) is 0.842. The summed E-state index contributed by atoms with van der Waals surface area (Å²) in [5.41, 5.74) is 1.76. The summed E-state index contributed by atoms with van der Waals surface area (Å²) in [6, 6.07) is 17.3. The Bertz CT molecular complexity index is 628. The number of carbonyl (C=O) groups is 1. The minimum Gasteiger partial charge on any atom is -0.491 e. The van der Waals surface area contributed by atoms with Crippen molar-refractivity contribution in [2.24, 2.45) is 0 Å². The summed E-state index contributed by atoms with van der Waals surface area (Å²) in [5.74, 6) is 0.817. The van der Waals surface area contributed by atoms with Crippen LogP contribution in [0.5, 0.6) is 5.75 Å². The lowest BCUT2D eigenvalue weighted by atomic mass is 10.2. The van der Waals surface area contributed by atoms with Gasteiger partial charge in [-0.05, 0) is 37.6 Å². The molecule has 0 aliphatic carbocycles. The number of ether oxygens (including phenoxy) is 1. The second kappa shape index (κ2) is 8.22. The molecule has 2 aromatic carbocycles. The number of amides is 1. The predicted octanol–water partition coefficient (Wildman–Crippen LogP) is 3.94. The van der Waals surface area contributed by atoms with E-state index in [0.717, 1.165) is 23.5 Å². The molecule has 0 aliphatic heterocycles. The monoisotopic (exact) mass is 312 g/mol. The van der Waals surface area contributed by atoms with Gasteiger partial charge in [0.2, 0.25) is 5.91 Å².